The van der Waals surface area contributed by atoms with Gasteiger partial charge in [-0.15, -0.1) is 0 Å². The van der Waals surface area contributed by atoms with Crippen molar-refractivity contribution in [3.8, 4) is 11.8 Å². The molecular formula is C23H24N6O3. The van der Waals surface area contributed by atoms with Crippen LogP contribution in [0.1, 0.15) is 29.3 Å². The molecule has 1 N–H and O–H groups in total. The Hall–Kier alpha value is -3.64. The van der Waals surface area contributed by atoms with E-state index in [1.54, 1.807) is 23.0 Å². The lowest BCUT2D eigenvalue weighted by molar-refractivity contribution is 0.102. The van der Waals surface area contributed by atoms with Gasteiger partial charge in [0.05, 0.1) is 43.5 Å². The van der Waals surface area contributed by atoms with Gasteiger partial charge < -0.3 is 19.7 Å². The number of nitriles is 1. The van der Waals surface area contributed by atoms with E-state index in [1.165, 1.54) is 6.20 Å². The van der Waals surface area contributed by atoms with Gasteiger partial charge in [-0.25, -0.2) is 9.50 Å². The van der Waals surface area contributed by atoms with Crippen LogP contribution in [-0.2, 0) is 11.2 Å². The van der Waals surface area contributed by atoms with Crippen LogP contribution in [0, 0.1) is 16.7 Å². The first-order valence-corrected chi connectivity index (χ1v) is 10.7. The molecule has 9 nitrogen and oxygen atoms in total. The average molecular weight is 432 g/mol. The van der Waals surface area contributed by atoms with Crippen molar-refractivity contribution >= 4 is 22.9 Å². The van der Waals surface area contributed by atoms with Gasteiger partial charge in [-0.2, -0.15) is 10.4 Å². The molecule has 0 bridgehead atoms. The molecule has 0 aliphatic carbocycles. The van der Waals surface area contributed by atoms with Crippen molar-refractivity contribution in [3.05, 3.63) is 47.9 Å². The quantitative estimate of drug-likeness (QED) is 0.676. The molecule has 0 saturated carbocycles. The normalized spacial score (nSPS) is 20.3. The molecule has 1 atom stereocenters. The maximum Gasteiger partial charge on any atom is 0.261 e. The number of ether oxygens (including phenoxy) is 2. The summed E-state index contributed by atoms with van der Waals surface area (Å²) in [5.41, 5.74) is 3.24. The molecule has 1 saturated heterocycles. The minimum Gasteiger partial charge on any atom is -0.493 e. The Morgan fingerprint density at radius 2 is 2.19 bits per heavy atom. The predicted octanol–water partition coefficient (Wildman–Crippen LogP) is 2.67. The second-order valence-corrected chi connectivity index (χ2v) is 8.59. The first kappa shape index (κ1) is 20.3. The number of anilines is 2. The van der Waals surface area contributed by atoms with Crippen molar-refractivity contribution < 1.29 is 14.3 Å². The van der Waals surface area contributed by atoms with E-state index >= 15 is 0 Å². The molecule has 1 amide bonds. The van der Waals surface area contributed by atoms with Crippen LogP contribution in [-0.4, -0.2) is 53.4 Å². The van der Waals surface area contributed by atoms with Gasteiger partial charge in [-0.1, -0.05) is 6.92 Å². The topological polar surface area (TPSA) is 105 Å². The number of fused-ring (bicyclic) bond motifs is 2. The number of carbonyl (C=O) groups is 1. The van der Waals surface area contributed by atoms with Crippen LogP contribution >= 0.6 is 0 Å². The second kappa shape index (κ2) is 8.13. The molecule has 9 heteroatoms. The molecule has 2 aromatic heterocycles. The predicted molar refractivity (Wildman–Crippen MR) is 118 cm³/mol. The molecule has 5 rings (SSSR count). The highest BCUT2D eigenvalue weighted by atomic mass is 16.5. The van der Waals surface area contributed by atoms with Crippen molar-refractivity contribution in [2.24, 2.45) is 5.41 Å². The molecule has 0 radical (unpaired) electrons. The summed E-state index contributed by atoms with van der Waals surface area (Å²) < 4.78 is 13.1. The van der Waals surface area contributed by atoms with E-state index in [0.717, 1.165) is 30.1 Å². The molecule has 164 valence electrons. The van der Waals surface area contributed by atoms with Crippen molar-refractivity contribution in [2.75, 3.05) is 43.1 Å². The minimum absolute atomic E-state index is 0.254. The van der Waals surface area contributed by atoms with Gasteiger partial charge in [0, 0.05) is 43.4 Å². The van der Waals surface area contributed by atoms with Gasteiger partial charge in [-0.05, 0) is 24.1 Å². The van der Waals surface area contributed by atoms with Gasteiger partial charge >= 0.3 is 0 Å². The summed E-state index contributed by atoms with van der Waals surface area (Å²) in [6, 6.07) is 8.00. The second-order valence-electron chi connectivity index (χ2n) is 8.59. The van der Waals surface area contributed by atoms with Crippen LogP contribution in [0.4, 0.5) is 11.4 Å². The Morgan fingerprint density at radius 3 is 3.00 bits per heavy atom. The largest absolute Gasteiger partial charge is 0.493 e. The Kier molecular flexibility index (Phi) is 5.15. The fourth-order valence-electron chi connectivity index (χ4n) is 4.30. The summed E-state index contributed by atoms with van der Waals surface area (Å²) in [5.74, 6) is 0.530. The van der Waals surface area contributed by atoms with Crippen molar-refractivity contribution in [1.29, 1.82) is 5.26 Å². The number of hydrogen-bond donors (Lipinski definition) is 1. The maximum atomic E-state index is 13.2. The Labute approximate surface area is 185 Å². The molecule has 4 heterocycles. The molecule has 2 aliphatic rings. The molecule has 2 aliphatic heterocycles. The van der Waals surface area contributed by atoms with E-state index in [4.69, 9.17) is 9.47 Å². The first-order valence-electron chi connectivity index (χ1n) is 10.7. The zero-order chi connectivity index (χ0) is 22.1. The number of morpholine rings is 1. The Morgan fingerprint density at radius 1 is 1.34 bits per heavy atom. The third-order valence-electron chi connectivity index (χ3n) is 6.00. The van der Waals surface area contributed by atoms with Crippen molar-refractivity contribution in [2.45, 2.75) is 19.8 Å². The number of hydrogen-bond acceptors (Lipinski definition) is 7. The van der Waals surface area contributed by atoms with Crippen LogP contribution in [0.25, 0.3) is 5.65 Å². The summed E-state index contributed by atoms with van der Waals surface area (Å²) in [5, 5.41) is 16.5. The zero-order valence-electron chi connectivity index (χ0n) is 17.9. The molecule has 0 unspecified atom stereocenters. The fourth-order valence-corrected chi connectivity index (χ4v) is 4.30. The van der Waals surface area contributed by atoms with E-state index in [9.17, 15) is 10.1 Å². The smallest absolute Gasteiger partial charge is 0.261 e. The molecular weight excluding hydrogens is 408 g/mol. The Bertz CT molecular complexity index is 1210. The van der Waals surface area contributed by atoms with Crippen molar-refractivity contribution in [3.63, 3.8) is 0 Å². The van der Waals surface area contributed by atoms with E-state index < -0.39 is 0 Å². The molecule has 0 spiro atoms. The third-order valence-corrected chi connectivity index (χ3v) is 6.00. The first-order chi connectivity index (χ1) is 15.6. The van der Waals surface area contributed by atoms with Crippen LogP contribution in [0.2, 0.25) is 0 Å². The number of carbonyl (C=O) groups excluding carboxylic acids is 1. The number of nitrogens with zero attached hydrogens (tertiary/aromatic N) is 5. The van der Waals surface area contributed by atoms with E-state index in [0.29, 0.717) is 49.6 Å². The highest BCUT2D eigenvalue weighted by Gasteiger charge is 2.33. The molecule has 1 aromatic carbocycles. The average Bonchev–Trinajstić information content (AvgIpc) is 3.23. The van der Waals surface area contributed by atoms with Crippen molar-refractivity contribution in [1.82, 2.24) is 14.6 Å². The SMILES string of the molecule is C[C@]1(CC#N)COc2cc(N3CCOCC3)c(NC(=O)c3cnn4cccnc34)cc2C1. The zero-order valence-corrected chi connectivity index (χ0v) is 17.9. The molecule has 32 heavy (non-hydrogen) atoms. The van der Waals surface area contributed by atoms with Gasteiger partial charge in [0.25, 0.3) is 5.91 Å². The summed E-state index contributed by atoms with van der Waals surface area (Å²) in [6.45, 7) is 5.26. The molecule has 3 aromatic rings. The van der Waals surface area contributed by atoms with Gasteiger partial charge in [0.1, 0.15) is 11.3 Å². The third kappa shape index (κ3) is 3.74. The lowest BCUT2D eigenvalue weighted by Crippen LogP contribution is -2.37. The summed E-state index contributed by atoms with van der Waals surface area (Å²) in [6.07, 6.45) is 6.04. The Balaban J connectivity index is 1.52. The molecule has 1 fully saturated rings. The lowest BCUT2D eigenvalue weighted by atomic mass is 9.80. The minimum atomic E-state index is -0.273. The van der Waals surface area contributed by atoms with Crippen LogP contribution < -0.4 is 15.0 Å². The summed E-state index contributed by atoms with van der Waals surface area (Å²) in [4.78, 5) is 19.7. The van der Waals surface area contributed by atoms with E-state index in [1.807, 2.05) is 12.1 Å². The highest BCUT2D eigenvalue weighted by molar-refractivity contribution is 6.09. The summed E-state index contributed by atoms with van der Waals surface area (Å²) in [7, 11) is 0. The lowest BCUT2D eigenvalue weighted by Gasteiger charge is -2.36. The number of benzene rings is 1. The van der Waals surface area contributed by atoms with E-state index in [2.05, 4.69) is 33.3 Å². The van der Waals surface area contributed by atoms with E-state index in [-0.39, 0.29) is 11.3 Å². The maximum absolute atomic E-state index is 13.2. The van der Waals surface area contributed by atoms with Crippen LogP contribution in [0.5, 0.6) is 5.75 Å². The van der Waals surface area contributed by atoms with Crippen LogP contribution in [0.3, 0.4) is 0 Å². The van der Waals surface area contributed by atoms with Gasteiger partial charge in [-0.3, -0.25) is 4.79 Å². The number of rotatable bonds is 4. The monoisotopic (exact) mass is 432 g/mol. The highest BCUT2D eigenvalue weighted by Crippen LogP contribution is 2.42. The number of amides is 1. The number of aromatic nitrogens is 3. The standard InChI is InChI=1S/C23H24N6O3/c1-23(3-4-24)13-16-11-18(19(12-20(16)32-15-23)28-7-9-31-10-8-28)27-22(30)17-14-26-29-6-2-5-25-21(17)29/h2,5-6,11-12,14H,3,7-10,13,15H2,1H3,(H,27,30)/t23-/m1/s1. The van der Waals surface area contributed by atoms with Gasteiger partial charge in [0.2, 0.25) is 0 Å². The summed E-state index contributed by atoms with van der Waals surface area (Å²) >= 11 is 0. The van der Waals surface area contributed by atoms with Crippen LogP contribution in [0.15, 0.2) is 36.8 Å². The number of nitrogens with one attached hydrogen (secondary N) is 1. The fraction of sp³-hybridized carbons (Fsp3) is 0.391. The van der Waals surface area contributed by atoms with Gasteiger partial charge in [0.15, 0.2) is 5.65 Å².